The van der Waals surface area contributed by atoms with Crippen LogP contribution < -0.4 is 0 Å². The van der Waals surface area contributed by atoms with E-state index in [4.69, 9.17) is 14.3 Å². The molecule has 1 atom stereocenters. The Bertz CT molecular complexity index is 768. The Balaban J connectivity index is 1.54. The fraction of sp³-hybridized carbons (Fsp3) is 0.400. The summed E-state index contributed by atoms with van der Waals surface area (Å²) in [4.78, 5) is 25.5. The van der Waals surface area contributed by atoms with E-state index in [0.29, 0.717) is 37.4 Å². The lowest BCUT2D eigenvalue weighted by atomic mass is 10.1. The van der Waals surface area contributed by atoms with Crippen molar-refractivity contribution in [2.75, 3.05) is 19.7 Å². The molecular weight excluding hydrogens is 334 g/mol. The molecule has 1 N–H and O–H groups in total. The van der Waals surface area contributed by atoms with Gasteiger partial charge in [0.1, 0.15) is 12.2 Å². The molecule has 138 valence electrons. The summed E-state index contributed by atoms with van der Waals surface area (Å²) in [6.07, 6.45) is 2.04. The number of rotatable bonds is 7. The number of ether oxygens (including phenoxy) is 1. The van der Waals surface area contributed by atoms with Crippen molar-refractivity contribution in [3.8, 4) is 0 Å². The van der Waals surface area contributed by atoms with Crippen LogP contribution in [-0.2, 0) is 22.6 Å². The molecule has 2 aromatic rings. The molecule has 26 heavy (non-hydrogen) atoms. The fourth-order valence-corrected chi connectivity index (χ4v) is 3.28. The summed E-state index contributed by atoms with van der Waals surface area (Å²) in [7, 11) is 0. The van der Waals surface area contributed by atoms with Gasteiger partial charge in [-0.1, -0.05) is 30.3 Å². The molecule has 0 saturated carbocycles. The molecule has 0 spiro atoms. The zero-order chi connectivity index (χ0) is 18.5. The van der Waals surface area contributed by atoms with Gasteiger partial charge < -0.3 is 19.2 Å². The van der Waals surface area contributed by atoms with Gasteiger partial charge in [-0.2, -0.15) is 0 Å². The molecule has 6 nitrogen and oxygen atoms in total. The van der Waals surface area contributed by atoms with Crippen LogP contribution in [0.3, 0.4) is 0 Å². The van der Waals surface area contributed by atoms with Crippen molar-refractivity contribution < 1.29 is 23.8 Å². The molecule has 1 aromatic heterocycles. The average Bonchev–Trinajstić information content (AvgIpc) is 3.22. The quantitative estimate of drug-likeness (QED) is 0.824. The predicted octanol–water partition coefficient (Wildman–Crippen LogP) is 2.89. The lowest BCUT2D eigenvalue weighted by molar-refractivity contribution is -0.136. The van der Waals surface area contributed by atoms with Gasteiger partial charge in [-0.3, -0.25) is 9.59 Å². The molecule has 1 amide bonds. The number of carboxylic acid groups (broad SMARTS) is 1. The first-order valence-corrected chi connectivity index (χ1v) is 8.74. The number of furan rings is 1. The van der Waals surface area contributed by atoms with Gasteiger partial charge in [0.05, 0.1) is 25.0 Å². The number of benzene rings is 1. The summed E-state index contributed by atoms with van der Waals surface area (Å²) in [6.45, 7) is 4.19. The molecule has 1 fully saturated rings. The number of aryl methyl sites for hydroxylation is 1. The fourth-order valence-electron chi connectivity index (χ4n) is 3.28. The van der Waals surface area contributed by atoms with E-state index in [1.807, 2.05) is 30.3 Å². The minimum absolute atomic E-state index is 0.155. The first kappa shape index (κ1) is 18.2. The van der Waals surface area contributed by atoms with Gasteiger partial charge in [-0.15, -0.1) is 0 Å². The van der Waals surface area contributed by atoms with E-state index in [9.17, 15) is 9.59 Å². The number of hydrogen-bond donors (Lipinski definition) is 1. The van der Waals surface area contributed by atoms with Gasteiger partial charge >= 0.3 is 5.97 Å². The van der Waals surface area contributed by atoms with Gasteiger partial charge in [0.25, 0.3) is 5.91 Å². The highest BCUT2D eigenvalue weighted by atomic mass is 16.5. The molecule has 1 unspecified atom stereocenters. The van der Waals surface area contributed by atoms with Crippen LogP contribution >= 0.6 is 0 Å². The summed E-state index contributed by atoms with van der Waals surface area (Å²) < 4.78 is 11.1. The van der Waals surface area contributed by atoms with E-state index in [1.165, 1.54) is 6.26 Å². The topological polar surface area (TPSA) is 80.0 Å². The molecule has 3 rings (SSSR count). The number of hydrogen-bond acceptors (Lipinski definition) is 4. The third-order valence-electron chi connectivity index (χ3n) is 4.61. The van der Waals surface area contributed by atoms with Crippen LogP contribution in [0.5, 0.6) is 0 Å². The Morgan fingerprint density at radius 2 is 2.08 bits per heavy atom. The van der Waals surface area contributed by atoms with Gasteiger partial charge in [0, 0.05) is 24.6 Å². The van der Waals surface area contributed by atoms with Crippen molar-refractivity contribution in [3.63, 3.8) is 0 Å². The number of nitrogens with zero attached hydrogens (tertiary/aromatic N) is 1. The monoisotopic (exact) mass is 357 g/mol. The van der Waals surface area contributed by atoms with Gasteiger partial charge in [-0.05, 0) is 18.9 Å². The van der Waals surface area contributed by atoms with Crippen molar-refractivity contribution in [2.24, 2.45) is 5.92 Å². The third-order valence-corrected chi connectivity index (χ3v) is 4.61. The van der Waals surface area contributed by atoms with E-state index in [2.05, 4.69) is 0 Å². The van der Waals surface area contributed by atoms with Crippen LogP contribution in [0, 0.1) is 12.8 Å². The van der Waals surface area contributed by atoms with E-state index < -0.39 is 5.97 Å². The smallest absolute Gasteiger partial charge is 0.311 e. The second kappa shape index (κ2) is 8.19. The van der Waals surface area contributed by atoms with Gasteiger partial charge in [0.2, 0.25) is 0 Å². The van der Waals surface area contributed by atoms with Crippen molar-refractivity contribution >= 4 is 11.9 Å². The summed E-state index contributed by atoms with van der Waals surface area (Å²) in [6, 6.07) is 9.99. The van der Waals surface area contributed by atoms with Crippen LogP contribution in [0.4, 0.5) is 0 Å². The van der Waals surface area contributed by atoms with Crippen molar-refractivity contribution in [1.29, 1.82) is 0 Å². The van der Waals surface area contributed by atoms with Crippen LogP contribution in [0.1, 0.15) is 33.7 Å². The molecule has 1 aromatic carbocycles. The zero-order valence-electron chi connectivity index (χ0n) is 14.8. The second-order valence-corrected chi connectivity index (χ2v) is 6.69. The molecule has 2 heterocycles. The minimum Gasteiger partial charge on any atom is -0.481 e. The standard InChI is InChI=1S/C20H23NO5/c1-14-11-26-17(9-18(22)23)19(14)20(24)21-8-7-16(10-21)13-25-12-15-5-3-2-4-6-15/h2-6,11,16H,7-10,12-13H2,1H3,(H,22,23). The van der Waals surface area contributed by atoms with Crippen LogP contribution in [0.15, 0.2) is 41.0 Å². The lowest BCUT2D eigenvalue weighted by Gasteiger charge is -2.17. The van der Waals surface area contributed by atoms with E-state index in [-0.39, 0.29) is 24.0 Å². The first-order valence-electron chi connectivity index (χ1n) is 8.74. The first-order chi connectivity index (χ1) is 12.5. The average molecular weight is 357 g/mol. The van der Waals surface area contributed by atoms with E-state index in [0.717, 1.165) is 12.0 Å². The Kier molecular flexibility index (Phi) is 5.73. The lowest BCUT2D eigenvalue weighted by Crippen LogP contribution is -2.30. The Morgan fingerprint density at radius 1 is 1.31 bits per heavy atom. The second-order valence-electron chi connectivity index (χ2n) is 6.69. The molecule has 0 aliphatic carbocycles. The number of aliphatic carboxylic acids is 1. The molecule has 1 aliphatic heterocycles. The van der Waals surface area contributed by atoms with E-state index >= 15 is 0 Å². The molecule has 0 radical (unpaired) electrons. The Labute approximate surface area is 152 Å². The number of carbonyl (C=O) groups excluding carboxylic acids is 1. The third kappa shape index (κ3) is 4.32. The highest BCUT2D eigenvalue weighted by Gasteiger charge is 2.30. The maximum absolute atomic E-state index is 12.8. The van der Waals surface area contributed by atoms with Crippen LogP contribution in [0.2, 0.25) is 0 Å². The maximum Gasteiger partial charge on any atom is 0.311 e. The van der Waals surface area contributed by atoms with Crippen LogP contribution in [-0.4, -0.2) is 41.6 Å². The van der Waals surface area contributed by atoms with Crippen molar-refractivity contribution in [1.82, 2.24) is 4.90 Å². The predicted molar refractivity (Wildman–Crippen MR) is 94.9 cm³/mol. The summed E-state index contributed by atoms with van der Waals surface area (Å²) in [5.74, 6) is -0.651. The normalized spacial score (nSPS) is 16.8. The molecule has 0 bridgehead atoms. The van der Waals surface area contributed by atoms with E-state index in [1.54, 1.807) is 11.8 Å². The Morgan fingerprint density at radius 3 is 2.81 bits per heavy atom. The zero-order valence-corrected chi connectivity index (χ0v) is 14.8. The molecular formula is C20H23NO5. The summed E-state index contributed by atoms with van der Waals surface area (Å²) in [5, 5.41) is 8.98. The summed E-state index contributed by atoms with van der Waals surface area (Å²) >= 11 is 0. The number of carbonyl (C=O) groups is 2. The molecule has 1 aliphatic rings. The molecule has 6 heteroatoms. The Hall–Kier alpha value is -2.60. The highest BCUT2D eigenvalue weighted by Crippen LogP contribution is 2.24. The number of carboxylic acids is 1. The summed E-state index contributed by atoms with van der Waals surface area (Å²) in [5.41, 5.74) is 2.19. The highest BCUT2D eigenvalue weighted by molar-refractivity contribution is 5.97. The largest absolute Gasteiger partial charge is 0.481 e. The molecule has 1 saturated heterocycles. The van der Waals surface area contributed by atoms with Crippen LogP contribution in [0.25, 0.3) is 0 Å². The minimum atomic E-state index is -1.01. The van der Waals surface area contributed by atoms with Crippen molar-refractivity contribution in [3.05, 3.63) is 59.0 Å². The number of amides is 1. The SMILES string of the molecule is Cc1coc(CC(=O)O)c1C(=O)N1CCC(COCc2ccccc2)C1. The maximum atomic E-state index is 12.8. The van der Waals surface area contributed by atoms with Crippen molar-refractivity contribution in [2.45, 2.75) is 26.4 Å². The number of likely N-dealkylation sites (tertiary alicyclic amines) is 1. The van der Waals surface area contributed by atoms with Gasteiger partial charge in [0.15, 0.2) is 0 Å². The van der Waals surface area contributed by atoms with Gasteiger partial charge in [-0.25, -0.2) is 0 Å².